The van der Waals surface area contributed by atoms with Crippen molar-refractivity contribution in [1.82, 2.24) is 4.90 Å². The Kier molecular flexibility index (Phi) is 11.0. The second-order valence-corrected chi connectivity index (χ2v) is 5.37. The molecule has 0 aliphatic carbocycles. The summed E-state index contributed by atoms with van der Waals surface area (Å²) in [6, 6.07) is 10.3. The average molecular weight is 293 g/mol. The molecule has 0 amide bonds. The van der Waals surface area contributed by atoms with Crippen molar-refractivity contribution >= 4 is 0 Å². The minimum Gasteiger partial charge on any atom is -0.375 e. The van der Waals surface area contributed by atoms with Gasteiger partial charge in [0.2, 0.25) is 0 Å². The minimum atomic E-state index is 0.695. The van der Waals surface area contributed by atoms with Crippen molar-refractivity contribution in [2.45, 2.75) is 32.3 Å². The van der Waals surface area contributed by atoms with E-state index >= 15 is 0 Å². The van der Waals surface area contributed by atoms with Crippen LogP contribution in [0.4, 0.5) is 0 Å². The maximum absolute atomic E-state index is 5.77. The van der Waals surface area contributed by atoms with E-state index in [1.807, 2.05) is 18.2 Å². The first-order valence-electron chi connectivity index (χ1n) is 8.11. The van der Waals surface area contributed by atoms with Crippen LogP contribution in [0.5, 0.6) is 0 Å². The number of hydrogen-bond donors (Lipinski definition) is 2. The molecule has 0 heterocycles. The number of rotatable bonds is 13. The molecule has 0 unspecified atom stereocenters. The third kappa shape index (κ3) is 9.58. The smallest absolute Gasteiger partial charge is 0.0717 e. The zero-order valence-corrected chi connectivity index (χ0v) is 13.2. The van der Waals surface area contributed by atoms with Crippen LogP contribution in [0.2, 0.25) is 0 Å². The van der Waals surface area contributed by atoms with Crippen molar-refractivity contribution in [2.75, 3.05) is 39.3 Å². The average Bonchev–Trinajstić information content (AvgIpc) is 2.52. The lowest BCUT2D eigenvalue weighted by molar-refractivity contribution is 0.0914. The highest BCUT2D eigenvalue weighted by Crippen LogP contribution is 2.02. The SMILES string of the molecule is NCCCCN(CCCCN)CCOCc1ccccc1. The fourth-order valence-electron chi connectivity index (χ4n) is 2.25. The Balaban J connectivity index is 2.17. The lowest BCUT2D eigenvalue weighted by Crippen LogP contribution is -2.30. The summed E-state index contributed by atoms with van der Waals surface area (Å²) >= 11 is 0. The standard InChI is InChI=1S/C17H31N3O/c18-10-4-6-12-20(13-7-5-11-19)14-15-21-16-17-8-2-1-3-9-17/h1-3,8-9H,4-7,10-16,18-19H2. The van der Waals surface area contributed by atoms with E-state index in [0.29, 0.717) is 6.61 Å². The molecule has 1 aromatic rings. The van der Waals surface area contributed by atoms with Gasteiger partial charge in [-0.15, -0.1) is 0 Å². The maximum Gasteiger partial charge on any atom is 0.0717 e. The molecule has 4 nitrogen and oxygen atoms in total. The second-order valence-electron chi connectivity index (χ2n) is 5.37. The number of nitrogens with two attached hydrogens (primary N) is 2. The van der Waals surface area contributed by atoms with Gasteiger partial charge in [0.25, 0.3) is 0 Å². The molecule has 0 saturated heterocycles. The number of nitrogens with zero attached hydrogens (tertiary/aromatic N) is 1. The molecule has 4 N–H and O–H groups in total. The first-order valence-corrected chi connectivity index (χ1v) is 8.11. The molecular weight excluding hydrogens is 262 g/mol. The lowest BCUT2D eigenvalue weighted by atomic mass is 10.2. The Labute approximate surface area is 129 Å². The minimum absolute atomic E-state index is 0.695. The van der Waals surface area contributed by atoms with Gasteiger partial charge >= 0.3 is 0 Å². The third-order valence-electron chi connectivity index (χ3n) is 3.52. The van der Waals surface area contributed by atoms with Gasteiger partial charge in [-0.25, -0.2) is 0 Å². The van der Waals surface area contributed by atoms with Crippen molar-refractivity contribution in [1.29, 1.82) is 0 Å². The van der Waals surface area contributed by atoms with Crippen molar-refractivity contribution in [3.8, 4) is 0 Å². The summed E-state index contributed by atoms with van der Waals surface area (Å²) in [7, 11) is 0. The van der Waals surface area contributed by atoms with E-state index in [4.69, 9.17) is 16.2 Å². The van der Waals surface area contributed by atoms with E-state index in [2.05, 4.69) is 17.0 Å². The summed E-state index contributed by atoms with van der Waals surface area (Å²) in [6.45, 7) is 6.23. The molecule has 1 aromatic carbocycles. The van der Waals surface area contributed by atoms with E-state index in [-0.39, 0.29) is 0 Å². The van der Waals surface area contributed by atoms with Crippen LogP contribution < -0.4 is 11.5 Å². The van der Waals surface area contributed by atoms with Crippen LogP contribution in [-0.2, 0) is 11.3 Å². The van der Waals surface area contributed by atoms with Gasteiger partial charge in [0.15, 0.2) is 0 Å². The normalized spacial score (nSPS) is 11.2. The monoisotopic (exact) mass is 293 g/mol. The molecule has 0 spiro atoms. The summed E-state index contributed by atoms with van der Waals surface area (Å²) in [5.41, 5.74) is 12.4. The summed E-state index contributed by atoms with van der Waals surface area (Å²) in [5, 5.41) is 0. The van der Waals surface area contributed by atoms with E-state index in [0.717, 1.165) is 65.0 Å². The van der Waals surface area contributed by atoms with Gasteiger partial charge in [-0.05, 0) is 57.4 Å². The van der Waals surface area contributed by atoms with Crippen LogP contribution in [0.15, 0.2) is 30.3 Å². The highest BCUT2D eigenvalue weighted by Gasteiger charge is 2.04. The molecule has 0 atom stereocenters. The summed E-state index contributed by atoms with van der Waals surface area (Å²) in [6.07, 6.45) is 4.52. The Hall–Kier alpha value is -0.940. The zero-order chi connectivity index (χ0) is 15.2. The number of benzene rings is 1. The Morgan fingerprint density at radius 2 is 1.43 bits per heavy atom. The topological polar surface area (TPSA) is 64.5 Å². The van der Waals surface area contributed by atoms with Crippen LogP contribution in [0.25, 0.3) is 0 Å². The van der Waals surface area contributed by atoms with Gasteiger partial charge in [0.05, 0.1) is 13.2 Å². The molecule has 0 fully saturated rings. The van der Waals surface area contributed by atoms with Crippen molar-refractivity contribution in [3.63, 3.8) is 0 Å². The first kappa shape index (κ1) is 18.1. The molecule has 1 rings (SSSR count). The molecule has 21 heavy (non-hydrogen) atoms. The number of hydrogen-bond acceptors (Lipinski definition) is 4. The Bertz CT molecular complexity index is 322. The van der Waals surface area contributed by atoms with Gasteiger partial charge in [0.1, 0.15) is 0 Å². The largest absolute Gasteiger partial charge is 0.375 e. The molecule has 0 radical (unpaired) electrons. The quantitative estimate of drug-likeness (QED) is 0.546. The van der Waals surface area contributed by atoms with Crippen molar-refractivity contribution in [2.24, 2.45) is 11.5 Å². The van der Waals surface area contributed by atoms with Gasteiger partial charge in [-0.3, -0.25) is 0 Å². The lowest BCUT2D eigenvalue weighted by Gasteiger charge is -2.22. The predicted octanol–water partition coefficient (Wildman–Crippen LogP) is 1.98. The zero-order valence-electron chi connectivity index (χ0n) is 13.2. The molecule has 120 valence electrons. The van der Waals surface area contributed by atoms with Crippen LogP contribution in [0, 0.1) is 0 Å². The van der Waals surface area contributed by atoms with Gasteiger partial charge < -0.3 is 21.1 Å². The second kappa shape index (κ2) is 12.8. The molecule has 0 aromatic heterocycles. The van der Waals surface area contributed by atoms with E-state index in [9.17, 15) is 0 Å². The van der Waals surface area contributed by atoms with Crippen molar-refractivity contribution in [3.05, 3.63) is 35.9 Å². The van der Waals surface area contributed by atoms with Gasteiger partial charge in [-0.1, -0.05) is 30.3 Å². The first-order chi connectivity index (χ1) is 10.4. The highest BCUT2D eigenvalue weighted by molar-refractivity contribution is 5.13. The van der Waals surface area contributed by atoms with Crippen LogP contribution in [0.1, 0.15) is 31.2 Å². The summed E-state index contributed by atoms with van der Waals surface area (Å²) < 4.78 is 5.77. The Morgan fingerprint density at radius 3 is 2.00 bits per heavy atom. The molecule has 0 saturated carbocycles. The molecule has 0 bridgehead atoms. The van der Waals surface area contributed by atoms with E-state index in [1.54, 1.807) is 0 Å². The molecule has 0 aliphatic rings. The molecular formula is C17H31N3O. The maximum atomic E-state index is 5.77. The van der Waals surface area contributed by atoms with E-state index in [1.165, 1.54) is 5.56 Å². The number of ether oxygens (including phenoxy) is 1. The summed E-state index contributed by atoms with van der Waals surface area (Å²) in [4.78, 5) is 2.47. The fraction of sp³-hybridized carbons (Fsp3) is 0.647. The fourth-order valence-corrected chi connectivity index (χ4v) is 2.25. The predicted molar refractivity (Wildman–Crippen MR) is 89.1 cm³/mol. The molecule has 0 aliphatic heterocycles. The van der Waals surface area contributed by atoms with Crippen molar-refractivity contribution < 1.29 is 4.74 Å². The third-order valence-corrected chi connectivity index (χ3v) is 3.52. The van der Waals surface area contributed by atoms with Crippen LogP contribution in [0.3, 0.4) is 0 Å². The van der Waals surface area contributed by atoms with Crippen LogP contribution in [-0.4, -0.2) is 44.2 Å². The molecule has 4 heteroatoms. The highest BCUT2D eigenvalue weighted by atomic mass is 16.5. The summed E-state index contributed by atoms with van der Waals surface area (Å²) in [5.74, 6) is 0. The Morgan fingerprint density at radius 1 is 0.810 bits per heavy atom. The van der Waals surface area contributed by atoms with E-state index < -0.39 is 0 Å². The van der Waals surface area contributed by atoms with Gasteiger partial charge in [-0.2, -0.15) is 0 Å². The number of unbranched alkanes of at least 4 members (excludes halogenated alkanes) is 2. The van der Waals surface area contributed by atoms with Crippen LogP contribution >= 0.6 is 0 Å². The van der Waals surface area contributed by atoms with Gasteiger partial charge in [0, 0.05) is 6.54 Å².